The Kier molecular flexibility index (Phi) is 4.54. The number of hydrogen-bond donors (Lipinski definition) is 3. The highest BCUT2D eigenvalue weighted by Gasteiger charge is 2.05. The minimum Gasteiger partial charge on any atom is -0.508 e. The Morgan fingerprint density at radius 1 is 1.37 bits per heavy atom. The zero-order valence-electron chi connectivity index (χ0n) is 10.8. The number of methoxy groups -OCH3 is 1. The Labute approximate surface area is 111 Å². The Morgan fingerprint density at radius 3 is 3.00 bits per heavy atom. The van der Waals surface area contributed by atoms with Gasteiger partial charge >= 0.3 is 0 Å². The van der Waals surface area contributed by atoms with Crippen LogP contribution in [0.25, 0.3) is 10.8 Å². The molecule has 0 aliphatic rings. The third-order valence-corrected chi connectivity index (χ3v) is 2.88. The molecule has 0 saturated carbocycles. The number of nitrogens with zero attached hydrogens (tertiary/aromatic N) is 1. The van der Waals surface area contributed by atoms with Crippen LogP contribution >= 0.6 is 0 Å². The molecule has 0 aliphatic heterocycles. The number of ether oxygens (including phenoxy) is 1. The molecule has 0 amide bonds. The topological polar surface area (TPSA) is 74.6 Å². The number of phenols is 1. The van der Waals surface area contributed by atoms with Gasteiger partial charge in [0.05, 0.1) is 12.7 Å². The maximum absolute atomic E-state index is 9.56. The van der Waals surface area contributed by atoms with Crippen molar-refractivity contribution in [3.8, 4) is 5.75 Å². The van der Waals surface area contributed by atoms with Crippen LogP contribution in [0.1, 0.15) is 6.42 Å². The molecule has 1 aromatic carbocycles. The average molecular weight is 262 g/mol. The van der Waals surface area contributed by atoms with Gasteiger partial charge in [0.2, 0.25) is 0 Å². The molecule has 0 bridgehead atoms. The number of hydrogen-bond acceptors (Lipinski definition) is 5. The number of aromatic hydroxyl groups is 1. The van der Waals surface area contributed by atoms with Crippen LogP contribution in [0.3, 0.4) is 0 Å². The van der Waals surface area contributed by atoms with Gasteiger partial charge in [-0.05, 0) is 30.0 Å². The van der Waals surface area contributed by atoms with Crippen LogP contribution in [0.2, 0.25) is 0 Å². The largest absolute Gasteiger partial charge is 0.508 e. The molecule has 2 aromatic rings. The third-order valence-electron chi connectivity index (χ3n) is 2.88. The minimum absolute atomic E-state index is 0.211. The Balaban J connectivity index is 2.06. The van der Waals surface area contributed by atoms with Gasteiger partial charge in [-0.1, -0.05) is 6.07 Å². The molecule has 0 aliphatic carbocycles. The molecule has 5 nitrogen and oxygen atoms in total. The zero-order chi connectivity index (χ0) is 13.7. The highest BCUT2D eigenvalue weighted by Crippen LogP contribution is 2.24. The number of aromatic nitrogens is 1. The molecule has 3 N–H and O–H groups in total. The van der Waals surface area contributed by atoms with Crippen LogP contribution in [-0.2, 0) is 4.74 Å². The molecule has 0 spiro atoms. The summed E-state index contributed by atoms with van der Waals surface area (Å²) >= 11 is 0. The summed E-state index contributed by atoms with van der Waals surface area (Å²) in [6, 6.07) is 7.06. The lowest BCUT2D eigenvalue weighted by Crippen LogP contribution is -2.18. The first-order chi connectivity index (χ1) is 9.20. The first-order valence-corrected chi connectivity index (χ1v) is 6.19. The lowest BCUT2D eigenvalue weighted by Gasteiger charge is -2.12. The predicted octanol–water partition coefficient (Wildman–Crippen LogP) is 1.75. The summed E-state index contributed by atoms with van der Waals surface area (Å²) in [6.45, 7) is 0.914. The van der Waals surface area contributed by atoms with Crippen molar-refractivity contribution in [1.82, 2.24) is 4.98 Å². The molecular formula is C14H18N2O3. The Morgan fingerprint density at radius 2 is 2.21 bits per heavy atom. The van der Waals surface area contributed by atoms with Gasteiger partial charge < -0.3 is 20.3 Å². The van der Waals surface area contributed by atoms with Crippen molar-refractivity contribution in [3.63, 3.8) is 0 Å². The summed E-state index contributed by atoms with van der Waals surface area (Å²) in [5.74, 6) is 0.918. The van der Waals surface area contributed by atoms with Crippen LogP contribution in [0.4, 0.5) is 5.82 Å². The summed E-state index contributed by atoms with van der Waals surface area (Å²) in [4.78, 5) is 4.26. The van der Waals surface area contributed by atoms with Gasteiger partial charge in [0.15, 0.2) is 0 Å². The number of benzene rings is 1. The monoisotopic (exact) mass is 262 g/mol. The third kappa shape index (κ3) is 3.56. The highest BCUT2D eigenvalue weighted by molar-refractivity contribution is 5.92. The number of phenolic OH excluding ortho intramolecular Hbond substituents is 1. The predicted molar refractivity (Wildman–Crippen MR) is 74.4 cm³/mol. The van der Waals surface area contributed by atoms with E-state index in [4.69, 9.17) is 4.74 Å². The molecule has 1 aromatic heterocycles. The van der Waals surface area contributed by atoms with Gasteiger partial charge in [-0.25, -0.2) is 4.98 Å². The number of aliphatic hydroxyl groups is 1. The average Bonchev–Trinajstić information content (AvgIpc) is 2.39. The fourth-order valence-electron chi connectivity index (χ4n) is 1.93. The number of nitrogens with one attached hydrogen (secondary N) is 1. The first-order valence-electron chi connectivity index (χ1n) is 6.19. The van der Waals surface area contributed by atoms with E-state index in [0.29, 0.717) is 25.4 Å². The molecule has 5 heteroatoms. The van der Waals surface area contributed by atoms with Crippen LogP contribution in [0, 0.1) is 0 Å². The molecule has 1 unspecified atom stereocenters. The smallest absolute Gasteiger partial charge is 0.133 e. The second-order valence-electron chi connectivity index (χ2n) is 4.39. The summed E-state index contributed by atoms with van der Waals surface area (Å²) in [7, 11) is 1.56. The second kappa shape index (κ2) is 6.36. The number of anilines is 1. The van der Waals surface area contributed by atoms with E-state index < -0.39 is 6.10 Å². The van der Waals surface area contributed by atoms with E-state index >= 15 is 0 Å². The zero-order valence-corrected chi connectivity index (χ0v) is 10.8. The van der Waals surface area contributed by atoms with Crippen LogP contribution in [-0.4, -0.2) is 41.6 Å². The summed E-state index contributed by atoms with van der Waals surface area (Å²) < 4.78 is 4.87. The molecule has 1 atom stereocenters. The van der Waals surface area contributed by atoms with E-state index in [1.807, 2.05) is 12.1 Å². The van der Waals surface area contributed by atoms with Crippen LogP contribution in [0.5, 0.6) is 5.75 Å². The van der Waals surface area contributed by atoms with Gasteiger partial charge in [-0.2, -0.15) is 0 Å². The molecule has 0 radical (unpaired) electrons. The van der Waals surface area contributed by atoms with E-state index in [1.54, 1.807) is 25.4 Å². The van der Waals surface area contributed by atoms with E-state index in [2.05, 4.69) is 10.3 Å². The fraction of sp³-hybridized carbons (Fsp3) is 0.357. The van der Waals surface area contributed by atoms with Gasteiger partial charge in [0.1, 0.15) is 11.6 Å². The normalized spacial score (nSPS) is 12.5. The van der Waals surface area contributed by atoms with E-state index in [9.17, 15) is 10.2 Å². The van der Waals surface area contributed by atoms with Gasteiger partial charge in [-0.15, -0.1) is 0 Å². The lowest BCUT2D eigenvalue weighted by molar-refractivity contribution is 0.0615. The van der Waals surface area contributed by atoms with Crippen molar-refractivity contribution < 1.29 is 14.9 Å². The van der Waals surface area contributed by atoms with Crippen molar-refractivity contribution in [2.45, 2.75) is 12.5 Å². The Hall–Kier alpha value is -1.85. The number of aliphatic hydroxyl groups excluding tert-OH is 1. The van der Waals surface area contributed by atoms with Gasteiger partial charge in [-0.3, -0.25) is 0 Å². The maximum Gasteiger partial charge on any atom is 0.133 e. The van der Waals surface area contributed by atoms with Crippen LogP contribution in [0.15, 0.2) is 30.5 Å². The summed E-state index contributed by atoms with van der Waals surface area (Å²) in [6.07, 6.45) is 1.80. The standard InChI is InChI=1S/C14H18N2O3/c1-19-9-12(18)5-7-16-14-13-8-11(17)3-2-10(13)4-6-15-14/h2-4,6,8,12,17-18H,5,7,9H2,1H3,(H,15,16). The van der Waals surface area contributed by atoms with Gasteiger partial charge in [0.25, 0.3) is 0 Å². The summed E-state index contributed by atoms with van der Waals surface area (Å²) in [5.41, 5.74) is 0. The van der Waals surface area contributed by atoms with E-state index in [-0.39, 0.29) is 5.75 Å². The first kappa shape index (κ1) is 13.6. The molecule has 0 saturated heterocycles. The highest BCUT2D eigenvalue weighted by atomic mass is 16.5. The number of pyridine rings is 1. The van der Waals surface area contributed by atoms with Crippen molar-refractivity contribution in [2.75, 3.05) is 25.6 Å². The molecule has 1 heterocycles. The van der Waals surface area contributed by atoms with Crippen molar-refractivity contribution in [1.29, 1.82) is 0 Å². The number of rotatable bonds is 6. The van der Waals surface area contributed by atoms with E-state index in [0.717, 1.165) is 10.8 Å². The van der Waals surface area contributed by atoms with Crippen molar-refractivity contribution >= 4 is 16.6 Å². The summed E-state index contributed by atoms with van der Waals surface area (Å²) in [5, 5.41) is 24.1. The van der Waals surface area contributed by atoms with Crippen molar-refractivity contribution in [2.24, 2.45) is 0 Å². The second-order valence-corrected chi connectivity index (χ2v) is 4.39. The quantitative estimate of drug-likeness (QED) is 0.739. The van der Waals surface area contributed by atoms with Crippen molar-refractivity contribution in [3.05, 3.63) is 30.5 Å². The van der Waals surface area contributed by atoms with E-state index in [1.165, 1.54) is 0 Å². The molecule has 19 heavy (non-hydrogen) atoms. The van der Waals surface area contributed by atoms with Crippen LogP contribution < -0.4 is 5.32 Å². The molecule has 2 rings (SSSR count). The maximum atomic E-state index is 9.56. The van der Waals surface area contributed by atoms with Gasteiger partial charge in [0, 0.05) is 25.2 Å². The fourth-order valence-corrected chi connectivity index (χ4v) is 1.93. The molecule has 0 fully saturated rings. The minimum atomic E-state index is -0.485. The molecule has 102 valence electrons. The SMILES string of the molecule is COCC(O)CCNc1nccc2ccc(O)cc12. The Bertz CT molecular complexity index is 545. The lowest BCUT2D eigenvalue weighted by atomic mass is 10.1. The molecular weight excluding hydrogens is 244 g/mol. The number of fused-ring (bicyclic) bond motifs is 1.